The van der Waals surface area contributed by atoms with Gasteiger partial charge < -0.3 is 24.1 Å². The van der Waals surface area contributed by atoms with E-state index >= 15 is 0 Å². The second-order valence-electron chi connectivity index (χ2n) is 5.04. The first-order valence-corrected chi connectivity index (χ1v) is 7.43. The standard InChI is InChI=1S/C19H20O6/c1-22-15-7-5-12(9-17(15)24-3)14(11-19(20)21)13-6-8-16(23-2)18(10-13)25-4/h5-11H,1-4H3,(H,20,21). The van der Waals surface area contributed by atoms with E-state index in [0.29, 0.717) is 39.7 Å². The molecule has 2 rings (SSSR count). The quantitative estimate of drug-likeness (QED) is 0.777. The summed E-state index contributed by atoms with van der Waals surface area (Å²) in [6, 6.07) is 10.4. The first-order chi connectivity index (χ1) is 12.0. The molecule has 0 fully saturated rings. The molecule has 0 aliphatic heterocycles. The van der Waals surface area contributed by atoms with E-state index < -0.39 is 5.97 Å². The minimum absolute atomic E-state index is 0.509. The van der Waals surface area contributed by atoms with Crippen LogP contribution in [0.2, 0.25) is 0 Å². The summed E-state index contributed by atoms with van der Waals surface area (Å²) in [5, 5.41) is 9.27. The fraction of sp³-hybridized carbons (Fsp3) is 0.211. The maximum absolute atomic E-state index is 11.3. The maximum atomic E-state index is 11.3. The maximum Gasteiger partial charge on any atom is 0.328 e. The zero-order chi connectivity index (χ0) is 18.4. The van der Waals surface area contributed by atoms with Crippen molar-refractivity contribution in [3.05, 3.63) is 53.6 Å². The molecule has 0 saturated carbocycles. The Hall–Kier alpha value is -3.15. The summed E-state index contributed by atoms with van der Waals surface area (Å²) in [5.41, 5.74) is 1.86. The third-order valence-electron chi connectivity index (χ3n) is 3.66. The van der Waals surface area contributed by atoms with Crippen molar-refractivity contribution < 1.29 is 28.8 Å². The number of carbonyl (C=O) groups is 1. The number of hydrogen-bond acceptors (Lipinski definition) is 5. The largest absolute Gasteiger partial charge is 0.493 e. The molecule has 6 heteroatoms. The van der Waals surface area contributed by atoms with Crippen LogP contribution < -0.4 is 18.9 Å². The van der Waals surface area contributed by atoms with Gasteiger partial charge in [0.1, 0.15) is 0 Å². The lowest BCUT2D eigenvalue weighted by atomic mass is 9.96. The summed E-state index contributed by atoms with van der Waals surface area (Å²) in [7, 11) is 6.14. The third kappa shape index (κ3) is 4.03. The highest BCUT2D eigenvalue weighted by Gasteiger charge is 2.14. The van der Waals surface area contributed by atoms with Crippen LogP contribution >= 0.6 is 0 Å². The van der Waals surface area contributed by atoms with Crippen LogP contribution in [0.15, 0.2) is 42.5 Å². The Morgan fingerprint density at radius 1 is 0.760 bits per heavy atom. The lowest BCUT2D eigenvalue weighted by Gasteiger charge is -2.14. The van der Waals surface area contributed by atoms with Gasteiger partial charge in [-0.2, -0.15) is 0 Å². The van der Waals surface area contributed by atoms with E-state index in [1.54, 1.807) is 50.6 Å². The van der Waals surface area contributed by atoms with Gasteiger partial charge >= 0.3 is 5.97 Å². The molecule has 25 heavy (non-hydrogen) atoms. The molecule has 6 nitrogen and oxygen atoms in total. The predicted molar refractivity (Wildman–Crippen MR) is 93.8 cm³/mol. The summed E-state index contributed by atoms with van der Waals surface area (Å²) >= 11 is 0. The molecule has 1 N–H and O–H groups in total. The van der Waals surface area contributed by atoms with Crippen molar-refractivity contribution in [3.63, 3.8) is 0 Å². The predicted octanol–water partition coefficient (Wildman–Crippen LogP) is 3.24. The number of methoxy groups -OCH3 is 4. The molecule has 0 heterocycles. The summed E-state index contributed by atoms with van der Waals surface area (Å²) < 4.78 is 21.1. The van der Waals surface area contributed by atoms with E-state index in [4.69, 9.17) is 18.9 Å². The summed E-state index contributed by atoms with van der Waals surface area (Å²) in [4.78, 5) is 11.3. The van der Waals surface area contributed by atoms with Crippen molar-refractivity contribution in [1.82, 2.24) is 0 Å². The molecule has 0 radical (unpaired) electrons. The Bertz CT molecular complexity index is 737. The molecule has 0 amide bonds. The van der Waals surface area contributed by atoms with Crippen LogP contribution in [0, 0.1) is 0 Å². The Balaban J connectivity index is 2.60. The van der Waals surface area contributed by atoms with Gasteiger partial charge in [0.2, 0.25) is 0 Å². The average molecular weight is 344 g/mol. The van der Waals surface area contributed by atoms with E-state index in [2.05, 4.69) is 0 Å². The van der Waals surface area contributed by atoms with Gasteiger partial charge in [0.05, 0.1) is 28.4 Å². The van der Waals surface area contributed by atoms with Crippen molar-refractivity contribution in [3.8, 4) is 23.0 Å². The van der Waals surface area contributed by atoms with Gasteiger partial charge in [0.25, 0.3) is 0 Å². The second kappa shape index (κ2) is 8.10. The van der Waals surface area contributed by atoms with Crippen LogP contribution in [0.3, 0.4) is 0 Å². The van der Waals surface area contributed by atoms with Gasteiger partial charge in [-0.1, -0.05) is 12.1 Å². The van der Waals surface area contributed by atoms with Crippen LogP contribution in [0.4, 0.5) is 0 Å². The number of carboxylic acids is 1. The van der Waals surface area contributed by atoms with Crippen LogP contribution in [0.25, 0.3) is 5.57 Å². The Kier molecular flexibility index (Phi) is 5.89. The molecule has 0 aliphatic carbocycles. The normalized spacial score (nSPS) is 9.92. The number of carboxylic acid groups (broad SMARTS) is 1. The SMILES string of the molecule is COc1ccc(C(=CC(=O)O)c2ccc(OC)c(OC)c2)cc1OC. The molecule has 0 aliphatic rings. The molecular formula is C19H20O6. The molecule has 2 aromatic rings. The second-order valence-corrected chi connectivity index (χ2v) is 5.04. The van der Waals surface area contributed by atoms with Crippen LogP contribution in [0.5, 0.6) is 23.0 Å². The number of ether oxygens (including phenoxy) is 4. The van der Waals surface area contributed by atoms with Gasteiger partial charge in [-0.15, -0.1) is 0 Å². The topological polar surface area (TPSA) is 74.2 Å². The van der Waals surface area contributed by atoms with E-state index in [1.165, 1.54) is 14.2 Å². The first-order valence-electron chi connectivity index (χ1n) is 7.43. The summed E-state index contributed by atoms with van der Waals surface area (Å²) in [6.45, 7) is 0. The molecule has 2 aromatic carbocycles. The number of benzene rings is 2. The van der Waals surface area contributed by atoms with Gasteiger partial charge in [-0.05, 0) is 41.0 Å². The smallest absolute Gasteiger partial charge is 0.328 e. The van der Waals surface area contributed by atoms with Crippen molar-refractivity contribution in [2.45, 2.75) is 0 Å². The number of hydrogen-bond donors (Lipinski definition) is 1. The zero-order valence-corrected chi connectivity index (χ0v) is 14.5. The fourth-order valence-electron chi connectivity index (χ4n) is 2.46. The first kappa shape index (κ1) is 18.2. The number of rotatable bonds is 7. The van der Waals surface area contributed by atoms with Crippen molar-refractivity contribution in [2.75, 3.05) is 28.4 Å². The van der Waals surface area contributed by atoms with Crippen LogP contribution in [-0.2, 0) is 4.79 Å². The molecule has 132 valence electrons. The molecule has 0 aromatic heterocycles. The van der Waals surface area contributed by atoms with Crippen molar-refractivity contribution >= 4 is 11.5 Å². The molecule has 0 unspecified atom stereocenters. The molecule has 0 bridgehead atoms. The summed E-state index contributed by atoms with van der Waals surface area (Å²) in [6.07, 6.45) is 1.14. The van der Waals surface area contributed by atoms with E-state index in [0.717, 1.165) is 6.08 Å². The van der Waals surface area contributed by atoms with Gasteiger partial charge in [0.15, 0.2) is 23.0 Å². The monoisotopic (exact) mass is 344 g/mol. The Morgan fingerprint density at radius 3 is 1.48 bits per heavy atom. The van der Waals surface area contributed by atoms with Gasteiger partial charge in [-0.25, -0.2) is 4.79 Å². The molecule has 0 atom stereocenters. The van der Waals surface area contributed by atoms with E-state index in [1.807, 2.05) is 0 Å². The molecule has 0 saturated heterocycles. The molecular weight excluding hydrogens is 324 g/mol. The highest BCUT2D eigenvalue weighted by molar-refractivity contribution is 5.95. The Morgan fingerprint density at radius 2 is 1.16 bits per heavy atom. The lowest BCUT2D eigenvalue weighted by Crippen LogP contribution is -1.98. The highest BCUT2D eigenvalue weighted by Crippen LogP contribution is 2.36. The summed E-state index contributed by atoms with van der Waals surface area (Å²) in [5.74, 6) is 1.09. The minimum atomic E-state index is -1.06. The van der Waals surface area contributed by atoms with Gasteiger partial charge in [0, 0.05) is 6.08 Å². The number of aliphatic carboxylic acids is 1. The van der Waals surface area contributed by atoms with Crippen molar-refractivity contribution in [2.24, 2.45) is 0 Å². The van der Waals surface area contributed by atoms with E-state index in [-0.39, 0.29) is 0 Å². The van der Waals surface area contributed by atoms with Crippen LogP contribution in [-0.4, -0.2) is 39.5 Å². The molecule has 0 spiro atoms. The third-order valence-corrected chi connectivity index (χ3v) is 3.66. The van der Waals surface area contributed by atoms with Crippen molar-refractivity contribution in [1.29, 1.82) is 0 Å². The average Bonchev–Trinajstić information content (AvgIpc) is 2.64. The Labute approximate surface area is 146 Å². The van der Waals surface area contributed by atoms with E-state index in [9.17, 15) is 9.90 Å². The minimum Gasteiger partial charge on any atom is -0.493 e. The lowest BCUT2D eigenvalue weighted by molar-refractivity contribution is -0.131. The van der Waals surface area contributed by atoms with Crippen LogP contribution in [0.1, 0.15) is 11.1 Å². The zero-order valence-electron chi connectivity index (χ0n) is 14.5. The fourth-order valence-corrected chi connectivity index (χ4v) is 2.46. The highest BCUT2D eigenvalue weighted by atomic mass is 16.5. The van der Waals surface area contributed by atoms with Gasteiger partial charge in [-0.3, -0.25) is 0 Å².